The highest BCUT2D eigenvalue weighted by molar-refractivity contribution is 7.80. The lowest BCUT2D eigenvalue weighted by atomic mass is 10.2. The van der Waals surface area contributed by atoms with Gasteiger partial charge in [0.15, 0.2) is 0 Å². The molecular formula is C14H22N2OS. The Kier molecular flexibility index (Phi) is 6.83. The smallest absolute Gasteiger partial charge is 0.251 e. The lowest BCUT2D eigenvalue weighted by molar-refractivity contribution is 0.0951. The van der Waals surface area contributed by atoms with E-state index < -0.39 is 0 Å². The van der Waals surface area contributed by atoms with Crippen molar-refractivity contribution in [2.24, 2.45) is 0 Å². The van der Waals surface area contributed by atoms with Crippen LogP contribution < -0.4 is 5.32 Å². The number of amides is 1. The first kappa shape index (κ1) is 15.1. The summed E-state index contributed by atoms with van der Waals surface area (Å²) < 4.78 is 0. The van der Waals surface area contributed by atoms with E-state index in [1.165, 1.54) is 0 Å². The molecule has 18 heavy (non-hydrogen) atoms. The number of hydrogen-bond acceptors (Lipinski definition) is 3. The van der Waals surface area contributed by atoms with Crippen LogP contribution in [0.15, 0.2) is 29.2 Å². The molecule has 1 aromatic carbocycles. The van der Waals surface area contributed by atoms with Gasteiger partial charge in [0.25, 0.3) is 5.91 Å². The molecule has 0 aliphatic rings. The van der Waals surface area contributed by atoms with Crippen LogP contribution in [0.1, 0.15) is 30.6 Å². The first-order valence-electron chi connectivity index (χ1n) is 6.47. The number of nitrogens with one attached hydrogen (secondary N) is 1. The van der Waals surface area contributed by atoms with Crippen molar-refractivity contribution in [3.8, 4) is 0 Å². The maximum atomic E-state index is 11.8. The maximum absolute atomic E-state index is 11.8. The Morgan fingerprint density at radius 2 is 2.06 bits per heavy atom. The molecule has 3 nitrogen and oxygen atoms in total. The van der Waals surface area contributed by atoms with Gasteiger partial charge in [0.05, 0.1) is 0 Å². The Hall–Kier alpha value is -1.00. The summed E-state index contributed by atoms with van der Waals surface area (Å²) in [5, 5.41) is 2.93. The van der Waals surface area contributed by atoms with Crippen LogP contribution in [0, 0.1) is 0 Å². The quantitative estimate of drug-likeness (QED) is 0.587. The second kappa shape index (κ2) is 8.16. The van der Waals surface area contributed by atoms with Gasteiger partial charge in [0.2, 0.25) is 0 Å². The summed E-state index contributed by atoms with van der Waals surface area (Å²) in [7, 11) is 0. The van der Waals surface area contributed by atoms with E-state index in [9.17, 15) is 4.79 Å². The number of nitrogens with zero attached hydrogens (tertiary/aromatic N) is 1. The maximum Gasteiger partial charge on any atom is 0.251 e. The Labute approximate surface area is 115 Å². The van der Waals surface area contributed by atoms with Crippen molar-refractivity contribution >= 4 is 18.5 Å². The molecule has 1 amide bonds. The van der Waals surface area contributed by atoms with Gasteiger partial charge in [0, 0.05) is 17.0 Å². The van der Waals surface area contributed by atoms with Crippen LogP contribution in [-0.2, 0) is 0 Å². The number of carbonyl (C=O) groups is 1. The molecule has 0 fully saturated rings. The zero-order valence-corrected chi connectivity index (χ0v) is 12.0. The Balaban J connectivity index is 2.29. The van der Waals surface area contributed by atoms with Gasteiger partial charge in [-0.15, -0.1) is 12.6 Å². The second-order valence-corrected chi connectivity index (χ2v) is 4.70. The molecule has 4 heteroatoms. The number of rotatable bonds is 7. The lowest BCUT2D eigenvalue weighted by Gasteiger charge is -2.17. The summed E-state index contributed by atoms with van der Waals surface area (Å²) in [4.78, 5) is 15.0. The molecule has 0 unspecified atom stereocenters. The summed E-state index contributed by atoms with van der Waals surface area (Å²) in [6.45, 7) is 8.17. The van der Waals surface area contributed by atoms with Crippen LogP contribution in [0.5, 0.6) is 0 Å². The second-order valence-electron chi connectivity index (χ2n) is 4.19. The molecule has 0 aliphatic heterocycles. The van der Waals surface area contributed by atoms with E-state index in [0.717, 1.165) is 31.0 Å². The Morgan fingerprint density at radius 1 is 1.33 bits per heavy atom. The van der Waals surface area contributed by atoms with Gasteiger partial charge in [-0.3, -0.25) is 4.79 Å². The Morgan fingerprint density at radius 3 is 2.67 bits per heavy atom. The first-order valence-corrected chi connectivity index (χ1v) is 6.91. The summed E-state index contributed by atoms with van der Waals surface area (Å²) in [5.41, 5.74) is 0.672. The fraction of sp³-hybridized carbons (Fsp3) is 0.500. The van der Waals surface area contributed by atoms with Crippen LogP contribution in [0.25, 0.3) is 0 Å². The number of carbonyl (C=O) groups excluding carboxylic acids is 1. The number of thiol groups is 1. The summed E-state index contributed by atoms with van der Waals surface area (Å²) in [6, 6.07) is 7.29. The van der Waals surface area contributed by atoms with Gasteiger partial charge in [-0.05, 0) is 44.3 Å². The third-order valence-electron chi connectivity index (χ3n) is 2.94. The number of hydrogen-bond donors (Lipinski definition) is 2. The molecule has 0 heterocycles. The van der Waals surface area contributed by atoms with Crippen molar-refractivity contribution in [3.63, 3.8) is 0 Å². The molecular weight excluding hydrogens is 244 g/mol. The van der Waals surface area contributed by atoms with Crippen LogP contribution in [0.2, 0.25) is 0 Å². The van der Waals surface area contributed by atoms with E-state index in [0.29, 0.717) is 12.1 Å². The zero-order valence-electron chi connectivity index (χ0n) is 11.1. The van der Waals surface area contributed by atoms with E-state index in [2.05, 4.69) is 36.7 Å². The average molecular weight is 266 g/mol. The molecule has 0 atom stereocenters. The minimum atomic E-state index is -0.0227. The van der Waals surface area contributed by atoms with E-state index >= 15 is 0 Å². The summed E-state index contributed by atoms with van der Waals surface area (Å²) in [5.74, 6) is -0.0227. The molecule has 0 spiro atoms. The molecule has 0 radical (unpaired) electrons. The van der Waals surface area contributed by atoms with Crippen molar-refractivity contribution in [1.82, 2.24) is 10.2 Å². The Bertz CT molecular complexity index is 378. The van der Waals surface area contributed by atoms with Crippen molar-refractivity contribution < 1.29 is 4.79 Å². The van der Waals surface area contributed by atoms with Gasteiger partial charge in [-0.1, -0.05) is 19.9 Å². The third-order valence-corrected chi connectivity index (χ3v) is 3.22. The van der Waals surface area contributed by atoms with Crippen molar-refractivity contribution in [2.45, 2.75) is 25.2 Å². The minimum Gasteiger partial charge on any atom is -0.352 e. The average Bonchev–Trinajstić information content (AvgIpc) is 2.38. The normalized spacial score (nSPS) is 10.7. The molecule has 0 saturated carbocycles. The standard InChI is InChI=1S/C14H22N2OS/c1-3-16(4-2)10-6-9-15-14(17)12-7-5-8-13(18)11-12/h5,7-8,11,18H,3-4,6,9-10H2,1-2H3,(H,15,17). The molecule has 1 rings (SSSR count). The van der Waals surface area contributed by atoms with Gasteiger partial charge < -0.3 is 10.2 Å². The third kappa shape index (κ3) is 5.10. The molecule has 0 saturated heterocycles. The van der Waals surface area contributed by atoms with Gasteiger partial charge in [-0.25, -0.2) is 0 Å². The first-order chi connectivity index (χ1) is 8.67. The molecule has 0 aliphatic carbocycles. The van der Waals surface area contributed by atoms with E-state index in [1.54, 1.807) is 12.1 Å². The lowest BCUT2D eigenvalue weighted by Crippen LogP contribution is -2.29. The fourth-order valence-corrected chi connectivity index (χ4v) is 2.02. The van der Waals surface area contributed by atoms with Crippen molar-refractivity contribution in [3.05, 3.63) is 29.8 Å². The molecule has 0 aromatic heterocycles. The van der Waals surface area contributed by atoms with Gasteiger partial charge >= 0.3 is 0 Å². The van der Waals surface area contributed by atoms with Crippen LogP contribution in [0.3, 0.4) is 0 Å². The predicted octanol–water partition coefficient (Wildman–Crippen LogP) is 2.44. The largest absolute Gasteiger partial charge is 0.352 e. The van der Waals surface area contributed by atoms with Crippen molar-refractivity contribution in [2.75, 3.05) is 26.2 Å². The van der Waals surface area contributed by atoms with E-state index in [1.807, 2.05) is 12.1 Å². The minimum absolute atomic E-state index is 0.0227. The van der Waals surface area contributed by atoms with E-state index in [-0.39, 0.29) is 5.91 Å². The summed E-state index contributed by atoms with van der Waals surface area (Å²) in [6.07, 6.45) is 0.980. The zero-order chi connectivity index (χ0) is 13.4. The molecule has 1 aromatic rings. The fourth-order valence-electron chi connectivity index (χ4n) is 1.79. The van der Waals surface area contributed by atoms with Crippen molar-refractivity contribution in [1.29, 1.82) is 0 Å². The highest BCUT2D eigenvalue weighted by Gasteiger charge is 2.05. The molecule has 0 bridgehead atoms. The molecule has 100 valence electrons. The van der Waals surface area contributed by atoms with E-state index in [4.69, 9.17) is 0 Å². The van der Waals surface area contributed by atoms with Crippen LogP contribution in [-0.4, -0.2) is 37.0 Å². The monoisotopic (exact) mass is 266 g/mol. The molecule has 1 N–H and O–H groups in total. The highest BCUT2D eigenvalue weighted by atomic mass is 32.1. The topological polar surface area (TPSA) is 32.3 Å². The van der Waals surface area contributed by atoms with Gasteiger partial charge in [0.1, 0.15) is 0 Å². The number of benzene rings is 1. The predicted molar refractivity (Wildman–Crippen MR) is 78.4 cm³/mol. The summed E-state index contributed by atoms with van der Waals surface area (Å²) >= 11 is 4.22. The van der Waals surface area contributed by atoms with Crippen LogP contribution in [0.4, 0.5) is 0 Å². The van der Waals surface area contributed by atoms with Gasteiger partial charge in [-0.2, -0.15) is 0 Å². The highest BCUT2D eigenvalue weighted by Crippen LogP contribution is 2.08. The van der Waals surface area contributed by atoms with Crippen LogP contribution >= 0.6 is 12.6 Å². The SMILES string of the molecule is CCN(CC)CCCNC(=O)c1cccc(S)c1.